The van der Waals surface area contributed by atoms with Crippen molar-refractivity contribution in [2.75, 3.05) is 0 Å². The Labute approximate surface area is 220 Å². The fourth-order valence-corrected chi connectivity index (χ4v) is 6.35. The summed E-state index contributed by atoms with van der Waals surface area (Å²) in [5.74, 6) is 0. The van der Waals surface area contributed by atoms with Gasteiger partial charge >= 0.3 is 0 Å². The molecule has 0 spiro atoms. The number of nitrogens with zero attached hydrogens (tertiary/aromatic N) is 1. The molecule has 0 saturated carbocycles. The summed E-state index contributed by atoms with van der Waals surface area (Å²) in [5.41, 5.74) is 9.48. The van der Waals surface area contributed by atoms with Crippen LogP contribution in [0.3, 0.4) is 0 Å². The zero-order chi connectivity index (χ0) is 24.6. The van der Waals surface area contributed by atoms with E-state index < -0.39 is 0 Å². The molecule has 37 heavy (non-hydrogen) atoms. The first-order valence-corrected chi connectivity index (χ1v) is 13.3. The Bertz CT molecular complexity index is 1880. The molecular weight excluding hydrogens is 466 g/mol. The van der Waals surface area contributed by atoms with Crippen molar-refractivity contribution in [1.82, 2.24) is 4.98 Å². The van der Waals surface area contributed by atoms with Crippen molar-refractivity contribution >= 4 is 31.5 Å². The van der Waals surface area contributed by atoms with Crippen LogP contribution in [-0.4, -0.2) is 4.98 Å². The van der Waals surface area contributed by atoms with Gasteiger partial charge in [0.15, 0.2) is 0 Å². The number of benzene rings is 5. The van der Waals surface area contributed by atoms with Gasteiger partial charge in [0.05, 0.1) is 5.69 Å². The van der Waals surface area contributed by atoms with Crippen LogP contribution in [0.5, 0.6) is 0 Å². The molecule has 0 N–H and O–H groups in total. The first kappa shape index (κ1) is 21.7. The molecule has 7 rings (SSSR count). The smallest absolute Gasteiger partial charge is 0.0702 e. The molecule has 174 valence electrons. The molecule has 0 radical (unpaired) electrons. The maximum absolute atomic E-state index is 4.52. The van der Waals surface area contributed by atoms with Gasteiger partial charge in [0.25, 0.3) is 0 Å². The molecule has 5 aromatic carbocycles. The van der Waals surface area contributed by atoms with Crippen LogP contribution in [0.25, 0.3) is 64.8 Å². The summed E-state index contributed by atoms with van der Waals surface area (Å²) >= 11 is 1.88. The number of rotatable bonds is 4. The Morgan fingerprint density at radius 1 is 0.432 bits per heavy atom. The lowest BCUT2D eigenvalue weighted by atomic mass is 9.95. The molecule has 0 atom stereocenters. The van der Waals surface area contributed by atoms with Gasteiger partial charge in [-0.15, -0.1) is 11.3 Å². The number of pyridine rings is 1. The van der Waals surface area contributed by atoms with Gasteiger partial charge in [-0.3, -0.25) is 4.98 Å². The van der Waals surface area contributed by atoms with Gasteiger partial charge in [0, 0.05) is 31.9 Å². The van der Waals surface area contributed by atoms with Gasteiger partial charge in [-0.25, -0.2) is 0 Å². The van der Waals surface area contributed by atoms with Crippen LogP contribution in [0.15, 0.2) is 140 Å². The number of hydrogen-bond acceptors (Lipinski definition) is 2. The van der Waals surface area contributed by atoms with Crippen LogP contribution < -0.4 is 0 Å². The van der Waals surface area contributed by atoms with Crippen molar-refractivity contribution in [2.45, 2.75) is 0 Å². The second-order valence-corrected chi connectivity index (χ2v) is 10.3. The van der Waals surface area contributed by atoms with Crippen molar-refractivity contribution in [3.8, 4) is 44.6 Å². The minimum absolute atomic E-state index is 0.989. The molecule has 0 bridgehead atoms. The molecule has 0 aliphatic carbocycles. The zero-order valence-corrected chi connectivity index (χ0v) is 21.0. The highest BCUT2D eigenvalue weighted by Crippen LogP contribution is 2.40. The Morgan fingerprint density at radius 2 is 1.00 bits per heavy atom. The number of aromatic nitrogens is 1. The highest BCUT2D eigenvalue weighted by molar-refractivity contribution is 7.26. The van der Waals surface area contributed by atoms with Crippen LogP contribution >= 0.6 is 11.3 Å². The lowest BCUT2D eigenvalue weighted by molar-refractivity contribution is 1.33. The maximum atomic E-state index is 4.52. The van der Waals surface area contributed by atoms with E-state index in [2.05, 4.69) is 126 Å². The molecule has 2 heteroatoms. The molecule has 0 unspecified atom stereocenters. The van der Waals surface area contributed by atoms with Gasteiger partial charge in [-0.2, -0.15) is 0 Å². The van der Waals surface area contributed by atoms with Crippen LogP contribution in [-0.2, 0) is 0 Å². The molecule has 0 fully saturated rings. The minimum Gasteiger partial charge on any atom is -0.256 e. The van der Waals surface area contributed by atoms with Crippen molar-refractivity contribution in [1.29, 1.82) is 0 Å². The van der Waals surface area contributed by atoms with E-state index in [1.165, 1.54) is 53.6 Å². The Kier molecular flexibility index (Phi) is 5.38. The lowest BCUT2D eigenvalue weighted by Gasteiger charge is -2.10. The van der Waals surface area contributed by atoms with Crippen molar-refractivity contribution in [2.24, 2.45) is 0 Å². The molecule has 0 amide bonds. The van der Waals surface area contributed by atoms with Crippen LogP contribution in [0.2, 0.25) is 0 Å². The number of fused-ring (bicyclic) bond motifs is 3. The third kappa shape index (κ3) is 4.02. The maximum Gasteiger partial charge on any atom is 0.0702 e. The summed E-state index contributed by atoms with van der Waals surface area (Å²) in [6, 6.07) is 47.8. The van der Waals surface area contributed by atoms with E-state index in [-0.39, 0.29) is 0 Å². The molecular formula is C35H23NS. The topological polar surface area (TPSA) is 12.9 Å². The van der Waals surface area contributed by atoms with E-state index in [9.17, 15) is 0 Å². The van der Waals surface area contributed by atoms with E-state index in [0.29, 0.717) is 0 Å². The van der Waals surface area contributed by atoms with Crippen LogP contribution in [0.1, 0.15) is 0 Å². The molecule has 0 aliphatic heterocycles. The second kappa shape index (κ2) is 9.16. The number of hydrogen-bond donors (Lipinski definition) is 0. The zero-order valence-electron chi connectivity index (χ0n) is 20.1. The van der Waals surface area contributed by atoms with E-state index in [1.54, 1.807) is 0 Å². The monoisotopic (exact) mass is 489 g/mol. The van der Waals surface area contributed by atoms with Gasteiger partial charge in [-0.05, 0) is 69.8 Å². The third-order valence-electron chi connectivity index (χ3n) is 6.93. The molecule has 1 nitrogen and oxygen atoms in total. The van der Waals surface area contributed by atoms with E-state index in [4.69, 9.17) is 0 Å². The normalized spacial score (nSPS) is 11.2. The Morgan fingerprint density at radius 3 is 1.73 bits per heavy atom. The van der Waals surface area contributed by atoms with Crippen LogP contribution in [0.4, 0.5) is 0 Å². The summed E-state index contributed by atoms with van der Waals surface area (Å²) in [6.45, 7) is 0. The van der Waals surface area contributed by atoms with Crippen LogP contribution in [0, 0.1) is 0 Å². The fourth-order valence-electron chi connectivity index (χ4n) is 5.11. The summed E-state index contributed by atoms with van der Waals surface area (Å²) in [6.07, 6.45) is 1.84. The standard InChI is InChI=1S/C35H23NS/c1-2-19-34-31(15-1)32-17-8-16-30(35(32)37-34)28-13-6-11-26(22-28)24-9-5-10-25(21-24)27-12-7-14-29(23-27)33-18-3-4-20-36-33/h1-23H. The van der Waals surface area contributed by atoms with Gasteiger partial charge in [0.1, 0.15) is 0 Å². The summed E-state index contributed by atoms with van der Waals surface area (Å²) < 4.78 is 2.68. The highest BCUT2D eigenvalue weighted by atomic mass is 32.1. The Hall–Kier alpha value is -4.53. The summed E-state index contributed by atoms with van der Waals surface area (Å²) in [5, 5.41) is 2.67. The van der Waals surface area contributed by atoms with E-state index >= 15 is 0 Å². The summed E-state index contributed by atoms with van der Waals surface area (Å²) in [7, 11) is 0. The number of thiophene rings is 1. The lowest BCUT2D eigenvalue weighted by Crippen LogP contribution is -1.86. The first-order chi connectivity index (χ1) is 18.3. The quantitative estimate of drug-likeness (QED) is 0.240. The largest absolute Gasteiger partial charge is 0.256 e. The second-order valence-electron chi connectivity index (χ2n) is 9.24. The van der Waals surface area contributed by atoms with Gasteiger partial charge in [-0.1, -0.05) is 97.1 Å². The molecule has 0 aliphatic rings. The fraction of sp³-hybridized carbons (Fsp3) is 0. The van der Waals surface area contributed by atoms with Crippen molar-refractivity contribution < 1.29 is 0 Å². The molecule has 2 heterocycles. The predicted molar refractivity (Wildman–Crippen MR) is 159 cm³/mol. The molecule has 2 aromatic heterocycles. The van der Waals surface area contributed by atoms with Gasteiger partial charge < -0.3 is 0 Å². The van der Waals surface area contributed by atoms with Crippen molar-refractivity contribution in [3.63, 3.8) is 0 Å². The van der Waals surface area contributed by atoms with Gasteiger partial charge in [0.2, 0.25) is 0 Å². The Balaban J connectivity index is 1.29. The first-order valence-electron chi connectivity index (χ1n) is 12.5. The third-order valence-corrected chi connectivity index (χ3v) is 8.15. The SMILES string of the molecule is c1ccc(-c2cccc(-c3cccc(-c4cccc(-c5cccc6c5sc5ccccc56)c4)c3)c2)nc1. The van der Waals surface area contributed by atoms with E-state index in [0.717, 1.165) is 11.3 Å². The minimum atomic E-state index is 0.989. The van der Waals surface area contributed by atoms with E-state index in [1.807, 2.05) is 29.7 Å². The highest BCUT2D eigenvalue weighted by Gasteiger charge is 2.11. The average molecular weight is 490 g/mol. The predicted octanol–water partition coefficient (Wildman–Crippen LogP) is 10.1. The average Bonchev–Trinajstić information content (AvgIpc) is 3.37. The molecule has 7 aromatic rings. The summed E-state index contributed by atoms with van der Waals surface area (Å²) in [4.78, 5) is 4.52. The van der Waals surface area contributed by atoms with Crippen molar-refractivity contribution in [3.05, 3.63) is 140 Å². The molecule has 0 saturated heterocycles.